The molecule has 2 N–H and O–H groups in total. The van der Waals surface area contributed by atoms with E-state index >= 15 is 0 Å². The van der Waals surface area contributed by atoms with Gasteiger partial charge < -0.3 is 15.1 Å². The molecule has 0 aliphatic carbocycles. The van der Waals surface area contributed by atoms with E-state index < -0.39 is 6.39 Å². The van der Waals surface area contributed by atoms with E-state index in [9.17, 15) is 0 Å². The van der Waals surface area contributed by atoms with Gasteiger partial charge in [0.05, 0.1) is 5.39 Å². The summed E-state index contributed by atoms with van der Waals surface area (Å²) in [4.78, 5) is 8.62. The largest absolute Gasteiger partial charge is 0.457 e. The number of nitrogen functional groups attached to an aromatic ring is 1. The first-order valence-corrected chi connectivity index (χ1v) is 10.1. The first-order chi connectivity index (χ1) is 14.8. The molecule has 6 nitrogen and oxygen atoms in total. The van der Waals surface area contributed by atoms with E-state index in [1.165, 1.54) is 6.33 Å². The summed E-state index contributed by atoms with van der Waals surface area (Å²) in [5, 5.41) is 5.28. The van der Waals surface area contributed by atoms with Crippen LogP contribution in [-0.4, -0.2) is 48.3 Å². The van der Waals surface area contributed by atoms with Crippen molar-refractivity contribution in [2.75, 3.05) is 5.73 Å². The van der Waals surface area contributed by atoms with Gasteiger partial charge in [-0.05, 0) is 41.7 Å². The fourth-order valence-electron chi connectivity index (χ4n) is 3.80. The van der Waals surface area contributed by atoms with Gasteiger partial charge in [-0.2, -0.15) is 5.10 Å². The average molecular weight is 403 g/mol. The van der Waals surface area contributed by atoms with Crippen molar-refractivity contribution in [2.45, 2.75) is 26.1 Å². The van der Waals surface area contributed by atoms with E-state index in [4.69, 9.17) is 31.0 Å². The van der Waals surface area contributed by atoms with Gasteiger partial charge >= 0.3 is 0 Å². The van der Waals surface area contributed by atoms with Crippen molar-refractivity contribution in [3.05, 3.63) is 60.9 Å². The van der Waals surface area contributed by atoms with E-state index in [1.807, 2.05) is 54.6 Å². The Morgan fingerprint density at radius 2 is 1.58 bits per heavy atom. The van der Waals surface area contributed by atoms with Crippen LogP contribution in [0.4, 0.5) is 5.82 Å². The predicted molar refractivity (Wildman–Crippen MR) is 130 cm³/mol. The van der Waals surface area contributed by atoms with Crippen LogP contribution in [0.25, 0.3) is 22.3 Å². The zero-order valence-corrected chi connectivity index (χ0v) is 17.9. The summed E-state index contributed by atoms with van der Waals surface area (Å²) in [6.45, 7) is 5.91. The van der Waals surface area contributed by atoms with E-state index in [-0.39, 0.29) is 12.1 Å². The third-order valence-corrected chi connectivity index (χ3v) is 5.14. The van der Waals surface area contributed by atoms with Gasteiger partial charge in [0, 0.05) is 27.4 Å². The summed E-state index contributed by atoms with van der Waals surface area (Å²) >= 11 is 0. The third kappa shape index (κ3) is 4.20. The molecule has 2 aromatic heterocycles. The Kier molecular flexibility index (Phi) is 5.56. The topological polar surface area (TPSA) is 78.9 Å². The van der Waals surface area contributed by atoms with Crippen molar-refractivity contribution in [1.29, 1.82) is 0 Å². The molecule has 4 aromatic rings. The Balaban J connectivity index is 1.79. The van der Waals surface area contributed by atoms with E-state index in [0.717, 1.165) is 17.1 Å². The first-order valence-electron chi connectivity index (χ1n) is 10.1. The maximum Gasteiger partial charge on any atom is 0.237 e. The standard InChI is InChI=1S/C21H21B4N5O/c1-21(2,3)24(25(22)23)30-20-17(19(26)27-13-28-20)18(29-30)14-9-11-16(12-10-14)31-15-7-5-4-6-8-15/h4-13H,1-3H3,(H2,26,27,28). The molecule has 0 saturated heterocycles. The molecule has 31 heavy (non-hydrogen) atoms. The van der Waals surface area contributed by atoms with Gasteiger partial charge in [-0.25, -0.2) is 9.97 Å². The van der Waals surface area contributed by atoms with Crippen LogP contribution in [0.3, 0.4) is 0 Å². The molecule has 4 radical (unpaired) electrons. The highest BCUT2D eigenvalue weighted by molar-refractivity contribution is 7.58. The molecule has 2 heterocycles. The molecule has 10 heteroatoms. The molecule has 0 amide bonds. The average Bonchev–Trinajstić information content (AvgIpc) is 3.08. The number of para-hydroxylation sites is 1. The van der Waals surface area contributed by atoms with Crippen molar-refractivity contribution in [3.63, 3.8) is 0 Å². The van der Waals surface area contributed by atoms with Gasteiger partial charge in [0.15, 0.2) is 5.65 Å². The molecule has 0 saturated carbocycles. The highest BCUT2D eigenvalue weighted by Gasteiger charge is 2.37. The number of hydrogen-bond acceptors (Lipinski definition) is 5. The predicted octanol–water partition coefficient (Wildman–Crippen LogP) is 3.41. The maximum atomic E-state index is 6.23. The number of hydrogen-bond donors (Lipinski definition) is 1. The zero-order chi connectivity index (χ0) is 22.2. The second-order valence-corrected chi connectivity index (χ2v) is 8.58. The van der Waals surface area contributed by atoms with Crippen molar-refractivity contribution in [2.24, 2.45) is 0 Å². The normalized spacial score (nSPS) is 11.5. The molecule has 0 aliphatic rings. The molecule has 0 bridgehead atoms. The number of aromatic nitrogens is 4. The number of ether oxygens (including phenoxy) is 1. The van der Waals surface area contributed by atoms with Gasteiger partial charge in [-0.1, -0.05) is 39.0 Å². The summed E-state index contributed by atoms with van der Waals surface area (Å²) in [5.74, 6) is 1.85. The van der Waals surface area contributed by atoms with Crippen LogP contribution in [-0.2, 0) is 0 Å². The minimum Gasteiger partial charge on any atom is -0.457 e. The molecule has 0 aliphatic heterocycles. The number of nitrogens with zero attached hydrogens (tertiary/aromatic N) is 4. The van der Waals surface area contributed by atoms with Crippen LogP contribution >= 0.6 is 0 Å². The van der Waals surface area contributed by atoms with E-state index in [2.05, 4.69) is 30.7 Å². The Hall–Kier alpha value is -3.15. The molecule has 0 fully saturated rings. The number of rotatable bonds is 5. The lowest BCUT2D eigenvalue weighted by atomic mass is 8.92. The number of nitrogens with two attached hydrogens (primary N) is 1. The van der Waals surface area contributed by atoms with Crippen LogP contribution in [0, 0.1) is 0 Å². The van der Waals surface area contributed by atoms with Gasteiger partial charge in [-0.3, -0.25) is 0 Å². The van der Waals surface area contributed by atoms with Crippen molar-refractivity contribution < 1.29 is 4.74 Å². The number of benzene rings is 2. The van der Waals surface area contributed by atoms with Gasteiger partial charge in [0.2, 0.25) is 6.74 Å². The van der Waals surface area contributed by atoms with Crippen LogP contribution in [0.5, 0.6) is 11.5 Å². The highest BCUT2D eigenvalue weighted by Crippen LogP contribution is 2.35. The lowest BCUT2D eigenvalue weighted by molar-refractivity contribution is 0.483. The molecular formula is C21H21B4N5O. The fourth-order valence-corrected chi connectivity index (χ4v) is 3.80. The van der Waals surface area contributed by atoms with Crippen LogP contribution < -0.4 is 10.5 Å². The summed E-state index contributed by atoms with van der Waals surface area (Å²) in [6.07, 6.45) is 0.798. The monoisotopic (exact) mass is 403 g/mol. The Morgan fingerprint density at radius 1 is 0.935 bits per heavy atom. The maximum absolute atomic E-state index is 6.23. The molecule has 4 rings (SSSR count). The molecule has 0 atom stereocenters. The number of anilines is 1. The Morgan fingerprint density at radius 3 is 2.19 bits per heavy atom. The molecule has 2 aromatic carbocycles. The quantitative estimate of drug-likeness (QED) is 0.518. The van der Waals surface area contributed by atoms with E-state index in [0.29, 0.717) is 22.5 Å². The first kappa shape index (κ1) is 21.1. The summed E-state index contributed by atoms with van der Waals surface area (Å²) in [7, 11) is 12.3. The van der Waals surface area contributed by atoms with Crippen molar-refractivity contribution in [3.8, 4) is 22.8 Å². The SMILES string of the molecule is [B]B([B])B(n1nc(-c2ccc(Oc3ccccc3)cc2)c2c(N)ncnc21)C(C)(C)C. The zero-order valence-electron chi connectivity index (χ0n) is 17.9. The summed E-state index contributed by atoms with van der Waals surface area (Å²) in [5.41, 5.74) is 8.38. The third-order valence-electron chi connectivity index (χ3n) is 5.14. The Labute approximate surface area is 185 Å². The molecule has 0 spiro atoms. The van der Waals surface area contributed by atoms with Crippen LogP contribution in [0.15, 0.2) is 60.9 Å². The van der Waals surface area contributed by atoms with Gasteiger partial charge in [0.1, 0.15) is 29.3 Å². The minimum atomic E-state index is -0.631. The number of fused-ring (bicyclic) bond motifs is 1. The second-order valence-electron chi connectivity index (χ2n) is 8.58. The fraction of sp³-hybridized carbons (Fsp3) is 0.190. The highest BCUT2D eigenvalue weighted by atomic mass is 16.5. The molecule has 148 valence electrons. The lowest BCUT2D eigenvalue weighted by Gasteiger charge is -2.30. The van der Waals surface area contributed by atoms with E-state index in [1.54, 1.807) is 4.59 Å². The smallest absolute Gasteiger partial charge is 0.237 e. The second kappa shape index (κ2) is 8.17. The van der Waals surface area contributed by atoms with Crippen molar-refractivity contribution >= 4 is 45.4 Å². The van der Waals surface area contributed by atoms with Gasteiger partial charge in [0.25, 0.3) is 0 Å². The minimum absolute atomic E-state index is 0.253. The lowest BCUT2D eigenvalue weighted by Crippen LogP contribution is -2.50. The molecule has 0 unspecified atom stereocenters. The summed E-state index contributed by atoms with van der Waals surface area (Å²) in [6, 6.07) is 17.3. The Bertz CT molecular complexity index is 1190. The van der Waals surface area contributed by atoms with Crippen LogP contribution in [0.2, 0.25) is 5.31 Å². The van der Waals surface area contributed by atoms with Crippen LogP contribution in [0.1, 0.15) is 20.8 Å². The molecular weight excluding hydrogens is 382 g/mol. The van der Waals surface area contributed by atoms with Gasteiger partial charge in [-0.15, -0.1) is 0 Å². The van der Waals surface area contributed by atoms with Crippen molar-refractivity contribution in [1.82, 2.24) is 19.7 Å². The summed E-state index contributed by atoms with van der Waals surface area (Å²) < 4.78 is 7.67.